The zero-order valence-electron chi connectivity index (χ0n) is 24.1. The number of amides is 2. The third-order valence-corrected chi connectivity index (χ3v) is 9.68. The van der Waals surface area contributed by atoms with Crippen molar-refractivity contribution in [2.24, 2.45) is 0 Å². The summed E-state index contributed by atoms with van der Waals surface area (Å²) < 4.78 is 29.2. The van der Waals surface area contributed by atoms with Gasteiger partial charge in [0.05, 0.1) is 10.6 Å². The SMILES string of the molecule is CNC(=O)[C@H](Cc1ccccc1)N(Cc1ccccc1Cl)C(=O)CN(c1ccc(C)c(C)c1)S(=O)(=O)c1ccc(Cl)cc1. The predicted octanol–water partition coefficient (Wildman–Crippen LogP) is 6.19. The largest absolute Gasteiger partial charge is 0.357 e. The molecule has 2 amide bonds. The van der Waals surface area contributed by atoms with Crippen LogP contribution in [-0.2, 0) is 32.6 Å². The zero-order chi connectivity index (χ0) is 31.1. The number of aryl methyl sites for hydroxylation is 2. The first-order valence-electron chi connectivity index (χ1n) is 13.6. The number of halogens is 2. The highest BCUT2D eigenvalue weighted by molar-refractivity contribution is 7.92. The summed E-state index contributed by atoms with van der Waals surface area (Å²) in [6.07, 6.45) is 0.213. The van der Waals surface area contributed by atoms with E-state index in [1.165, 1.54) is 36.2 Å². The van der Waals surface area contributed by atoms with E-state index in [2.05, 4.69) is 5.32 Å². The number of anilines is 1. The Balaban J connectivity index is 1.81. The van der Waals surface area contributed by atoms with Crippen LogP contribution in [0.4, 0.5) is 5.69 Å². The summed E-state index contributed by atoms with van der Waals surface area (Å²) >= 11 is 12.5. The Morgan fingerprint density at radius 2 is 1.49 bits per heavy atom. The van der Waals surface area contributed by atoms with E-state index in [1.54, 1.807) is 36.4 Å². The Morgan fingerprint density at radius 3 is 2.12 bits per heavy atom. The highest BCUT2D eigenvalue weighted by Crippen LogP contribution is 2.28. The van der Waals surface area contributed by atoms with Gasteiger partial charge in [0.25, 0.3) is 10.0 Å². The van der Waals surface area contributed by atoms with E-state index in [0.717, 1.165) is 21.0 Å². The number of benzene rings is 4. The predicted molar refractivity (Wildman–Crippen MR) is 172 cm³/mol. The average Bonchev–Trinajstić information content (AvgIpc) is 3.00. The van der Waals surface area contributed by atoms with Crippen molar-refractivity contribution < 1.29 is 18.0 Å². The Hall–Kier alpha value is -3.85. The van der Waals surface area contributed by atoms with E-state index in [-0.39, 0.29) is 23.8 Å². The molecule has 0 saturated carbocycles. The number of hydrogen-bond donors (Lipinski definition) is 1. The quantitative estimate of drug-likeness (QED) is 0.212. The first-order chi connectivity index (χ1) is 20.5. The van der Waals surface area contributed by atoms with Crippen LogP contribution in [-0.4, -0.2) is 44.8 Å². The summed E-state index contributed by atoms with van der Waals surface area (Å²) in [7, 11) is -2.72. The maximum atomic E-state index is 14.4. The van der Waals surface area contributed by atoms with Gasteiger partial charge in [-0.2, -0.15) is 0 Å². The monoisotopic (exact) mass is 637 g/mol. The molecule has 224 valence electrons. The van der Waals surface area contributed by atoms with E-state index in [0.29, 0.717) is 21.3 Å². The molecule has 4 aromatic rings. The van der Waals surface area contributed by atoms with Crippen molar-refractivity contribution in [1.29, 1.82) is 0 Å². The first kappa shape index (κ1) is 32.1. The zero-order valence-corrected chi connectivity index (χ0v) is 26.5. The molecule has 0 radical (unpaired) electrons. The topological polar surface area (TPSA) is 86.8 Å². The molecule has 1 N–H and O–H groups in total. The number of hydrogen-bond acceptors (Lipinski definition) is 4. The second-order valence-corrected chi connectivity index (χ2v) is 12.9. The molecule has 0 fully saturated rings. The molecule has 0 bridgehead atoms. The van der Waals surface area contributed by atoms with Crippen molar-refractivity contribution in [3.05, 3.63) is 129 Å². The first-order valence-corrected chi connectivity index (χ1v) is 15.8. The summed E-state index contributed by atoms with van der Waals surface area (Å²) in [5.74, 6) is -0.956. The van der Waals surface area contributed by atoms with Gasteiger partial charge >= 0.3 is 0 Å². The molecule has 0 heterocycles. The molecular weight excluding hydrogens is 605 g/mol. The smallest absolute Gasteiger partial charge is 0.264 e. The van der Waals surface area contributed by atoms with Crippen LogP contribution in [0.2, 0.25) is 10.0 Å². The molecule has 4 aromatic carbocycles. The van der Waals surface area contributed by atoms with Gasteiger partial charge in [-0.25, -0.2) is 8.42 Å². The Kier molecular flexibility index (Phi) is 10.5. The maximum absolute atomic E-state index is 14.4. The van der Waals surface area contributed by atoms with Gasteiger partial charge in [0.2, 0.25) is 11.8 Å². The third kappa shape index (κ3) is 7.76. The van der Waals surface area contributed by atoms with Crippen molar-refractivity contribution in [2.75, 3.05) is 17.9 Å². The van der Waals surface area contributed by atoms with E-state index >= 15 is 0 Å². The van der Waals surface area contributed by atoms with Gasteiger partial charge in [0, 0.05) is 30.1 Å². The lowest BCUT2D eigenvalue weighted by Gasteiger charge is -2.34. The van der Waals surface area contributed by atoms with Crippen LogP contribution in [0.3, 0.4) is 0 Å². The standard InChI is InChI=1S/C33H33Cl2N3O4S/c1-23-13-16-28(19-24(23)2)38(43(41,42)29-17-14-27(34)15-18-29)22-32(39)37(21-26-11-7-8-12-30(26)35)31(33(40)36-3)20-25-9-5-4-6-10-25/h4-19,31H,20-22H2,1-3H3,(H,36,40)/t31-/m0/s1. The summed E-state index contributed by atoms with van der Waals surface area (Å²) in [5.41, 5.74) is 3.62. The Labute approximate surface area is 263 Å². The van der Waals surface area contributed by atoms with Crippen LogP contribution in [0, 0.1) is 13.8 Å². The highest BCUT2D eigenvalue weighted by atomic mass is 35.5. The van der Waals surface area contributed by atoms with Crippen molar-refractivity contribution >= 4 is 50.7 Å². The fraction of sp³-hybridized carbons (Fsp3) is 0.212. The van der Waals surface area contributed by atoms with E-state index in [4.69, 9.17) is 23.2 Å². The molecular formula is C33H33Cl2N3O4S. The fourth-order valence-electron chi connectivity index (χ4n) is 4.67. The summed E-state index contributed by atoms with van der Waals surface area (Å²) in [5, 5.41) is 3.48. The van der Waals surface area contributed by atoms with Crippen molar-refractivity contribution in [3.63, 3.8) is 0 Å². The second kappa shape index (κ2) is 14.1. The van der Waals surface area contributed by atoms with E-state index in [9.17, 15) is 18.0 Å². The van der Waals surface area contributed by atoms with E-state index < -0.39 is 28.5 Å². The van der Waals surface area contributed by atoms with Crippen LogP contribution in [0.1, 0.15) is 22.3 Å². The molecule has 0 aliphatic rings. The molecule has 7 nitrogen and oxygen atoms in total. The Bertz CT molecular complexity index is 1700. The molecule has 0 spiro atoms. The fourth-order valence-corrected chi connectivity index (χ4v) is 6.40. The minimum Gasteiger partial charge on any atom is -0.357 e. The molecule has 43 heavy (non-hydrogen) atoms. The molecule has 1 atom stereocenters. The molecule has 4 rings (SSSR count). The normalized spacial score (nSPS) is 11.9. The molecule has 0 aromatic heterocycles. The number of sulfonamides is 1. The molecule has 0 saturated heterocycles. The van der Waals surface area contributed by atoms with Gasteiger partial charge in [-0.15, -0.1) is 0 Å². The average molecular weight is 639 g/mol. The lowest BCUT2D eigenvalue weighted by atomic mass is 10.0. The van der Waals surface area contributed by atoms with Gasteiger partial charge in [0.15, 0.2) is 0 Å². The second-order valence-electron chi connectivity index (χ2n) is 10.2. The lowest BCUT2D eigenvalue weighted by molar-refractivity contribution is -0.139. The minimum absolute atomic E-state index is 0.00874. The molecule has 0 unspecified atom stereocenters. The lowest BCUT2D eigenvalue weighted by Crippen LogP contribution is -2.53. The number of carbonyl (C=O) groups is 2. The van der Waals surface area contributed by atoms with Gasteiger partial charge < -0.3 is 10.2 Å². The third-order valence-electron chi connectivity index (χ3n) is 7.27. The minimum atomic E-state index is -4.22. The number of carbonyl (C=O) groups excluding carboxylic acids is 2. The maximum Gasteiger partial charge on any atom is 0.264 e. The van der Waals surface area contributed by atoms with Gasteiger partial charge in [0.1, 0.15) is 12.6 Å². The van der Waals surface area contributed by atoms with Crippen LogP contribution in [0.25, 0.3) is 0 Å². The van der Waals surface area contributed by atoms with Crippen LogP contribution in [0.5, 0.6) is 0 Å². The van der Waals surface area contributed by atoms with Crippen LogP contribution in [0.15, 0.2) is 102 Å². The molecule has 0 aliphatic heterocycles. The van der Waals surface area contributed by atoms with Crippen molar-refractivity contribution in [2.45, 2.75) is 37.8 Å². The molecule has 10 heteroatoms. The Morgan fingerprint density at radius 1 is 0.837 bits per heavy atom. The van der Waals surface area contributed by atoms with Crippen molar-refractivity contribution in [1.82, 2.24) is 10.2 Å². The van der Waals surface area contributed by atoms with Crippen molar-refractivity contribution in [3.8, 4) is 0 Å². The summed E-state index contributed by atoms with van der Waals surface area (Å²) in [4.78, 5) is 29.1. The van der Waals surface area contributed by atoms with Gasteiger partial charge in [-0.05, 0) is 78.6 Å². The van der Waals surface area contributed by atoms with Gasteiger partial charge in [-0.1, -0.05) is 77.8 Å². The summed E-state index contributed by atoms with van der Waals surface area (Å²) in [6.45, 7) is 3.23. The van der Waals surface area contributed by atoms with E-state index in [1.807, 2.05) is 50.2 Å². The number of nitrogens with one attached hydrogen (secondary N) is 1. The van der Waals surface area contributed by atoms with Gasteiger partial charge in [-0.3, -0.25) is 13.9 Å². The van der Waals surface area contributed by atoms with Crippen LogP contribution < -0.4 is 9.62 Å². The molecule has 0 aliphatic carbocycles. The number of likely N-dealkylation sites (N-methyl/N-ethyl adjacent to an activating group) is 1. The summed E-state index contributed by atoms with van der Waals surface area (Å²) in [6, 6.07) is 26.4. The van der Waals surface area contributed by atoms with Crippen LogP contribution >= 0.6 is 23.2 Å². The number of nitrogens with zero attached hydrogens (tertiary/aromatic N) is 2. The highest BCUT2D eigenvalue weighted by Gasteiger charge is 2.34. The number of rotatable bonds is 11.